The second-order valence-electron chi connectivity index (χ2n) is 5.10. The van der Waals surface area contributed by atoms with Gasteiger partial charge in [-0.15, -0.1) is 0 Å². The summed E-state index contributed by atoms with van der Waals surface area (Å²) in [6, 6.07) is 3.34. The van der Waals surface area contributed by atoms with E-state index in [0.29, 0.717) is 12.8 Å². The second-order valence-corrected chi connectivity index (χ2v) is 7.03. The van der Waals surface area contributed by atoms with Crippen molar-refractivity contribution in [1.82, 2.24) is 4.31 Å². The van der Waals surface area contributed by atoms with Gasteiger partial charge in [-0.25, -0.2) is 8.42 Å². The summed E-state index contributed by atoms with van der Waals surface area (Å²) in [4.78, 5) is 12.1. The van der Waals surface area contributed by atoms with Gasteiger partial charge in [-0.2, -0.15) is 17.5 Å². The lowest BCUT2D eigenvalue weighted by atomic mass is 10.1. The number of nitrogens with zero attached hydrogens (tertiary/aromatic N) is 1. The average Bonchev–Trinajstić information content (AvgIpc) is 2.87. The number of anilines is 1. The molecule has 0 bridgehead atoms. The van der Waals surface area contributed by atoms with Crippen molar-refractivity contribution in [2.75, 3.05) is 18.1 Å². The summed E-state index contributed by atoms with van der Waals surface area (Å²) in [6.07, 6.45) is -2.62. The molecule has 1 unspecified atom stereocenters. The molecular formula is C13H15F3N2O3S. The largest absolute Gasteiger partial charge is 0.416 e. The number of carbonyl (C=O) groups excluding carboxylic acids is 1. The smallest absolute Gasteiger partial charge is 0.325 e. The minimum atomic E-state index is -4.51. The maximum Gasteiger partial charge on any atom is 0.416 e. The van der Waals surface area contributed by atoms with Gasteiger partial charge in [0.15, 0.2) is 0 Å². The molecule has 1 fully saturated rings. The molecule has 5 nitrogen and oxygen atoms in total. The number of alkyl halides is 3. The third-order valence-electron chi connectivity index (χ3n) is 3.39. The van der Waals surface area contributed by atoms with E-state index in [-0.39, 0.29) is 12.2 Å². The maximum absolute atomic E-state index is 12.6. The summed E-state index contributed by atoms with van der Waals surface area (Å²) < 4.78 is 62.1. The van der Waals surface area contributed by atoms with Crippen LogP contribution in [0.3, 0.4) is 0 Å². The van der Waals surface area contributed by atoms with Crippen molar-refractivity contribution in [1.29, 1.82) is 0 Å². The first kappa shape index (κ1) is 16.8. The molecule has 22 heavy (non-hydrogen) atoms. The van der Waals surface area contributed by atoms with Crippen LogP contribution in [0.2, 0.25) is 0 Å². The summed E-state index contributed by atoms with van der Waals surface area (Å²) in [5.74, 6) is -0.623. The van der Waals surface area contributed by atoms with Crippen LogP contribution >= 0.6 is 0 Å². The second kappa shape index (κ2) is 5.88. The molecular weight excluding hydrogens is 321 g/mol. The van der Waals surface area contributed by atoms with E-state index < -0.39 is 33.7 Å². The average molecular weight is 336 g/mol. The predicted octanol–water partition coefficient (Wildman–Crippen LogP) is 2.07. The van der Waals surface area contributed by atoms with Gasteiger partial charge in [0.25, 0.3) is 0 Å². The fraction of sp³-hybridized carbons (Fsp3) is 0.462. The zero-order valence-corrected chi connectivity index (χ0v) is 12.5. The number of hydrogen-bond acceptors (Lipinski definition) is 3. The number of nitrogens with one attached hydrogen (secondary N) is 1. The van der Waals surface area contributed by atoms with Crippen molar-refractivity contribution in [2.24, 2.45) is 0 Å². The molecule has 1 aromatic rings. The van der Waals surface area contributed by atoms with Gasteiger partial charge in [0.2, 0.25) is 15.9 Å². The first-order chi connectivity index (χ1) is 10.1. The molecule has 122 valence electrons. The van der Waals surface area contributed by atoms with E-state index in [1.165, 1.54) is 12.1 Å². The minimum absolute atomic E-state index is 0.0137. The van der Waals surface area contributed by atoms with Crippen LogP contribution in [0.1, 0.15) is 18.4 Å². The lowest BCUT2D eigenvalue weighted by Crippen LogP contribution is -2.42. The van der Waals surface area contributed by atoms with Gasteiger partial charge < -0.3 is 5.32 Å². The van der Waals surface area contributed by atoms with Gasteiger partial charge in [0, 0.05) is 12.2 Å². The molecule has 0 aromatic heterocycles. The van der Waals surface area contributed by atoms with Crippen LogP contribution in [0, 0.1) is 0 Å². The van der Waals surface area contributed by atoms with Crippen LogP contribution in [-0.4, -0.2) is 37.5 Å². The van der Waals surface area contributed by atoms with Crippen LogP contribution in [0.25, 0.3) is 0 Å². The van der Waals surface area contributed by atoms with Crippen LogP contribution < -0.4 is 5.32 Å². The Hall–Kier alpha value is -1.61. The molecule has 1 aromatic carbocycles. The molecule has 2 rings (SSSR count). The Morgan fingerprint density at radius 2 is 2.05 bits per heavy atom. The van der Waals surface area contributed by atoms with Gasteiger partial charge in [-0.3, -0.25) is 4.79 Å². The first-order valence-corrected chi connectivity index (χ1v) is 8.39. The first-order valence-electron chi connectivity index (χ1n) is 6.54. The van der Waals surface area contributed by atoms with Gasteiger partial charge in [0.1, 0.15) is 6.04 Å². The molecule has 1 N–H and O–H groups in total. The molecule has 1 atom stereocenters. The van der Waals surface area contributed by atoms with Gasteiger partial charge in [-0.05, 0) is 31.0 Å². The van der Waals surface area contributed by atoms with Crippen LogP contribution in [0.5, 0.6) is 0 Å². The Kier molecular flexibility index (Phi) is 4.48. The molecule has 0 saturated carbocycles. The summed E-state index contributed by atoms with van der Waals surface area (Å²) in [5, 5.41) is 2.35. The number of carbonyl (C=O) groups is 1. The lowest BCUT2D eigenvalue weighted by molar-refractivity contribution is -0.137. The van der Waals surface area contributed by atoms with Gasteiger partial charge in [-0.1, -0.05) is 6.07 Å². The van der Waals surface area contributed by atoms with Crippen molar-refractivity contribution < 1.29 is 26.4 Å². The summed E-state index contributed by atoms with van der Waals surface area (Å²) in [6.45, 7) is 0.236. The normalized spacial score (nSPS) is 20.1. The molecule has 1 heterocycles. The monoisotopic (exact) mass is 336 g/mol. The maximum atomic E-state index is 12.6. The fourth-order valence-corrected chi connectivity index (χ4v) is 3.52. The third-order valence-corrected chi connectivity index (χ3v) is 4.68. The molecule has 1 aliphatic heterocycles. The number of benzene rings is 1. The Morgan fingerprint density at radius 3 is 2.64 bits per heavy atom. The Bertz CT molecular complexity index is 673. The lowest BCUT2D eigenvalue weighted by Gasteiger charge is -2.21. The van der Waals surface area contributed by atoms with Crippen molar-refractivity contribution in [3.8, 4) is 0 Å². The number of hydrogen-bond donors (Lipinski definition) is 1. The SMILES string of the molecule is CS(=O)(=O)N1CCCC1C(=O)Nc1cccc(C(F)(F)F)c1. The summed E-state index contributed by atoms with van der Waals surface area (Å²) in [7, 11) is -3.53. The highest BCUT2D eigenvalue weighted by Gasteiger charge is 2.36. The fourth-order valence-electron chi connectivity index (χ4n) is 2.40. The highest BCUT2D eigenvalue weighted by molar-refractivity contribution is 7.88. The highest BCUT2D eigenvalue weighted by Crippen LogP contribution is 2.31. The quantitative estimate of drug-likeness (QED) is 0.919. The molecule has 0 aliphatic carbocycles. The molecule has 1 amide bonds. The standard InChI is InChI=1S/C13H15F3N2O3S/c1-22(20,21)18-7-3-6-11(18)12(19)17-10-5-2-4-9(8-10)13(14,15)16/h2,4-5,8,11H,3,6-7H2,1H3,(H,17,19). The zero-order chi connectivity index (χ0) is 16.5. The zero-order valence-electron chi connectivity index (χ0n) is 11.7. The van der Waals surface area contributed by atoms with Crippen LogP contribution in [0.15, 0.2) is 24.3 Å². The van der Waals surface area contributed by atoms with E-state index in [0.717, 1.165) is 22.7 Å². The molecule has 1 saturated heterocycles. The Balaban J connectivity index is 2.16. The van der Waals surface area contributed by atoms with Crippen molar-refractivity contribution in [2.45, 2.75) is 25.1 Å². The Labute approximate surface area is 126 Å². The van der Waals surface area contributed by atoms with Gasteiger partial charge >= 0.3 is 6.18 Å². The van der Waals surface area contributed by atoms with E-state index >= 15 is 0 Å². The van der Waals surface area contributed by atoms with Crippen molar-refractivity contribution in [3.63, 3.8) is 0 Å². The summed E-state index contributed by atoms with van der Waals surface area (Å²) in [5.41, 5.74) is -0.892. The number of sulfonamides is 1. The summed E-state index contributed by atoms with van der Waals surface area (Å²) >= 11 is 0. The van der Waals surface area contributed by atoms with Crippen LogP contribution in [0.4, 0.5) is 18.9 Å². The van der Waals surface area contributed by atoms with E-state index in [4.69, 9.17) is 0 Å². The predicted molar refractivity (Wildman–Crippen MR) is 74.6 cm³/mol. The topological polar surface area (TPSA) is 66.5 Å². The van der Waals surface area contributed by atoms with Crippen LogP contribution in [-0.2, 0) is 21.0 Å². The molecule has 0 spiro atoms. The number of rotatable bonds is 3. The molecule has 9 heteroatoms. The number of halogens is 3. The van der Waals surface area contributed by atoms with E-state index in [2.05, 4.69) is 5.32 Å². The minimum Gasteiger partial charge on any atom is -0.325 e. The molecule has 1 aliphatic rings. The third kappa shape index (κ3) is 3.77. The van der Waals surface area contributed by atoms with Crippen molar-refractivity contribution >= 4 is 21.6 Å². The molecule has 0 radical (unpaired) electrons. The van der Waals surface area contributed by atoms with E-state index in [9.17, 15) is 26.4 Å². The van der Waals surface area contributed by atoms with E-state index in [1.807, 2.05) is 0 Å². The highest BCUT2D eigenvalue weighted by atomic mass is 32.2. The number of amides is 1. The van der Waals surface area contributed by atoms with E-state index in [1.54, 1.807) is 0 Å². The van der Waals surface area contributed by atoms with Crippen molar-refractivity contribution in [3.05, 3.63) is 29.8 Å². The Morgan fingerprint density at radius 1 is 1.36 bits per heavy atom. The van der Waals surface area contributed by atoms with Gasteiger partial charge in [0.05, 0.1) is 11.8 Å².